The fourth-order valence-corrected chi connectivity index (χ4v) is 1.79. The molecular weight excluding hydrogens is 252 g/mol. The van der Waals surface area contributed by atoms with Crippen LogP contribution >= 0.6 is 0 Å². The Morgan fingerprint density at radius 2 is 2.20 bits per heavy atom. The van der Waals surface area contributed by atoms with Gasteiger partial charge in [-0.15, -0.1) is 0 Å². The van der Waals surface area contributed by atoms with Crippen LogP contribution in [0.4, 0.5) is 0 Å². The van der Waals surface area contributed by atoms with Crippen molar-refractivity contribution in [3.63, 3.8) is 0 Å². The van der Waals surface area contributed by atoms with Crippen molar-refractivity contribution in [2.45, 2.75) is 27.2 Å². The number of H-pyrrole nitrogens is 1. The highest BCUT2D eigenvalue weighted by Crippen LogP contribution is 2.27. The second-order valence-electron chi connectivity index (χ2n) is 5.80. The molecule has 0 aliphatic rings. The van der Waals surface area contributed by atoms with Crippen LogP contribution in [0.15, 0.2) is 24.7 Å². The molecule has 2 aromatic heterocycles. The monoisotopic (exact) mass is 270 g/mol. The summed E-state index contributed by atoms with van der Waals surface area (Å²) in [4.78, 5) is 11.5. The lowest BCUT2D eigenvalue weighted by Crippen LogP contribution is -2.17. The summed E-state index contributed by atoms with van der Waals surface area (Å²) in [6.45, 7) is 6.91. The summed E-state index contributed by atoms with van der Waals surface area (Å²) in [6, 6.07) is 1.98. The molecule has 1 N–H and O–H groups in total. The van der Waals surface area contributed by atoms with E-state index in [0.717, 1.165) is 16.6 Å². The molecule has 5 nitrogen and oxygen atoms in total. The summed E-state index contributed by atoms with van der Waals surface area (Å²) >= 11 is 0. The molecule has 104 valence electrons. The largest absolute Gasteiger partial charge is 0.477 e. The Kier molecular flexibility index (Phi) is 4.04. The summed E-state index contributed by atoms with van der Waals surface area (Å²) in [5.41, 5.74) is 1.84. The maximum Gasteiger partial charge on any atom is 0.226 e. The molecule has 0 atom stereocenters. The Bertz CT molecular complexity index is 659. The van der Waals surface area contributed by atoms with Crippen LogP contribution in [0.3, 0.4) is 0 Å². The number of hydrogen-bond donors (Lipinski definition) is 1. The minimum atomic E-state index is 0.0639. The predicted molar refractivity (Wildman–Crippen MR) is 77.3 cm³/mol. The van der Waals surface area contributed by atoms with Gasteiger partial charge in [-0.3, -0.25) is 0 Å². The van der Waals surface area contributed by atoms with Gasteiger partial charge in [-0.1, -0.05) is 26.8 Å². The Hall–Kier alpha value is -2.35. The second-order valence-corrected chi connectivity index (χ2v) is 5.80. The van der Waals surface area contributed by atoms with Crippen molar-refractivity contribution in [3.05, 3.63) is 30.2 Å². The van der Waals surface area contributed by atoms with Crippen molar-refractivity contribution < 1.29 is 4.74 Å². The van der Waals surface area contributed by atoms with Crippen LogP contribution in [0.25, 0.3) is 11.0 Å². The van der Waals surface area contributed by atoms with E-state index >= 15 is 0 Å². The third kappa shape index (κ3) is 3.35. The molecule has 5 heteroatoms. The van der Waals surface area contributed by atoms with Crippen LogP contribution in [0.2, 0.25) is 0 Å². The number of nitrogens with zero attached hydrogens (tertiary/aromatic N) is 3. The van der Waals surface area contributed by atoms with Gasteiger partial charge < -0.3 is 9.72 Å². The van der Waals surface area contributed by atoms with Crippen LogP contribution in [-0.4, -0.2) is 21.6 Å². The Morgan fingerprint density at radius 1 is 1.40 bits per heavy atom. The zero-order valence-corrected chi connectivity index (χ0v) is 12.0. The van der Waals surface area contributed by atoms with E-state index in [9.17, 15) is 0 Å². The number of aromatic amines is 1. The van der Waals surface area contributed by atoms with Crippen LogP contribution in [0.5, 0.6) is 5.88 Å². The van der Waals surface area contributed by atoms with Crippen molar-refractivity contribution in [1.82, 2.24) is 15.0 Å². The van der Waals surface area contributed by atoms with Gasteiger partial charge in [0, 0.05) is 12.3 Å². The summed E-state index contributed by atoms with van der Waals surface area (Å²) in [7, 11) is 0. The van der Waals surface area contributed by atoms with E-state index in [-0.39, 0.29) is 5.41 Å². The maximum absolute atomic E-state index is 8.54. The molecule has 0 spiro atoms. The number of allylic oxidation sites excluding steroid dienone is 2. The number of aromatic nitrogens is 3. The first kappa shape index (κ1) is 14.1. The molecule has 0 saturated carbocycles. The van der Waals surface area contributed by atoms with Gasteiger partial charge in [-0.05, 0) is 17.4 Å². The highest BCUT2D eigenvalue weighted by Gasteiger charge is 2.15. The van der Waals surface area contributed by atoms with Gasteiger partial charge in [0.2, 0.25) is 5.88 Å². The lowest BCUT2D eigenvalue weighted by Gasteiger charge is -2.18. The standard InChI is InChI=1S/C15H18N4O/c1-15(2,3)9-20-14-12-11(6-4-5-7-16)8-17-13(12)18-10-19-14/h4-5,8,10H,6,9H2,1-3H3,(H,17,18,19). The van der Waals surface area contributed by atoms with Crippen molar-refractivity contribution in [3.8, 4) is 11.9 Å². The molecule has 0 amide bonds. The lowest BCUT2D eigenvalue weighted by atomic mass is 9.99. The zero-order chi connectivity index (χ0) is 14.6. The molecule has 0 saturated heterocycles. The maximum atomic E-state index is 8.54. The molecule has 2 rings (SSSR count). The van der Waals surface area contributed by atoms with Crippen LogP contribution in [0, 0.1) is 16.7 Å². The fraction of sp³-hybridized carbons (Fsp3) is 0.400. The number of fused-ring (bicyclic) bond motifs is 1. The topological polar surface area (TPSA) is 74.6 Å². The molecule has 0 unspecified atom stereocenters. The number of nitriles is 1. The Balaban J connectivity index is 2.32. The van der Waals surface area contributed by atoms with E-state index in [1.165, 1.54) is 12.4 Å². The molecule has 0 aliphatic heterocycles. The van der Waals surface area contributed by atoms with Gasteiger partial charge >= 0.3 is 0 Å². The quantitative estimate of drug-likeness (QED) is 0.866. The van der Waals surface area contributed by atoms with Crippen LogP contribution in [0.1, 0.15) is 26.3 Å². The minimum absolute atomic E-state index is 0.0639. The van der Waals surface area contributed by atoms with E-state index in [0.29, 0.717) is 18.9 Å². The number of ether oxygens (including phenoxy) is 1. The third-order valence-corrected chi connectivity index (χ3v) is 2.69. The van der Waals surface area contributed by atoms with Crippen molar-refractivity contribution in [1.29, 1.82) is 5.26 Å². The van der Waals surface area contributed by atoms with E-state index < -0.39 is 0 Å². The number of nitrogens with one attached hydrogen (secondary N) is 1. The molecular formula is C15H18N4O. The summed E-state index contributed by atoms with van der Waals surface area (Å²) in [6.07, 6.45) is 7.30. The first-order valence-electron chi connectivity index (χ1n) is 6.49. The first-order valence-corrected chi connectivity index (χ1v) is 6.49. The summed E-state index contributed by atoms with van der Waals surface area (Å²) in [5, 5.41) is 9.43. The van der Waals surface area contributed by atoms with Crippen molar-refractivity contribution in [2.75, 3.05) is 6.61 Å². The number of rotatable bonds is 4. The average Bonchev–Trinajstić information content (AvgIpc) is 2.80. The molecule has 0 bridgehead atoms. The Labute approximate surface area is 118 Å². The van der Waals surface area contributed by atoms with Gasteiger partial charge in [-0.25, -0.2) is 9.97 Å². The molecule has 0 fully saturated rings. The van der Waals surface area contributed by atoms with Gasteiger partial charge in [0.25, 0.3) is 0 Å². The molecule has 2 heterocycles. The first-order chi connectivity index (χ1) is 9.51. The Morgan fingerprint density at radius 3 is 2.90 bits per heavy atom. The highest BCUT2D eigenvalue weighted by molar-refractivity contribution is 5.84. The van der Waals surface area contributed by atoms with Gasteiger partial charge in [-0.2, -0.15) is 5.26 Å². The van der Waals surface area contributed by atoms with E-state index in [1.54, 1.807) is 0 Å². The minimum Gasteiger partial charge on any atom is -0.477 e. The molecule has 0 radical (unpaired) electrons. The molecule has 20 heavy (non-hydrogen) atoms. The smallest absolute Gasteiger partial charge is 0.226 e. The van der Waals surface area contributed by atoms with E-state index in [2.05, 4.69) is 35.7 Å². The van der Waals surface area contributed by atoms with E-state index in [1.807, 2.05) is 18.3 Å². The van der Waals surface area contributed by atoms with Gasteiger partial charge in [0.05, 0.1) is 18.1 Å². The van der Waals surface area contributed by atoms with Gasteiger partial charge in [0.15, 0.2) is 0 Å². The van der Waals surface area contributed by atoms with Gasteiger partial charge in [0.1, 0.15) is 12.0 Å². The second kappa shape index (κ2) is 5.74. The predicted octanol–water partition coefficient (Wildman–Crippen LogP) is 3.01. The SMILES string of the molecule is CC(C)(C)COc1ncnc2[nH]cc(CC=CC#N)c12. The van der Waals surface area contributed by atoms with Crippen molar-refractivity contribution >= 4 is 11.0 Å². The normalized spacial score (nSPS) is 11.9. The van der Waals surface area contributed by atoms with Crippen LogP contribution < -0.4 is 4.74 Å². The number of hydrogen-bond acceptors (Lipinski definition) is 4. The molecule has 0 aliphatic carbocycles. The lowest BCUT2D eigenvalue weighted by molar-refractivity contribution is 0.193. The molecule has 2 aromatic rings. The molecule has 0 aromatic carbocycles. The van der Waals surface area contributed by atoms with Crippen LogP contribution in [-0.2, 0) is 6.42 Å². The fourth-order valence-electron chi connectivity index (χ4n) is 1.79. The van der Waals surface area contributed by atoms with E-state index in [4.69, 9.17) is 10.00 Å². The average molecular weight is 270 g/mol. The summed E-state index contributed by atoms with van der Waals surface area (Å²) < 4.78 is 5.83. The van der Waals surface area contributed by atoms with Crippen molar-refractivity contribution in [2.24, 2.45) is 5.41 Å². The summed E-state index contributed by atoms with van der Waals surface area (Å²) in [5.74, 6) is 0.589. The highest BCUT2D eigenvalue weighted by atomic mass is 16.5. The zero-order valence-electron chi connectivity index (χ0n) is 12.0. The third-order valence-electron chi connectivity index (χ3n) is 2.69.